The highest BCUT2D eigenvalue weighted by atomic mass is 32.1. The van der Waals surface area contributed by atoms with E-state index in [0.717, 1.165) is 37.6 Å². The molecule has 0 amide bonds. The highest BCUT2D eigenvalue weighted by Gasteiger charge is 2.27. The van der Waals surface area contributed by atoms with Gasteiger partial charge in [0.15, 0.2) is 0 Å². The first-order valence-electron chi connectivity index (χ1n) is 7.97. The van der Waals surface area contributed by atoms with Crippen LogP contribution in [-0.2, 0) is 6.54 Å². The second-order valence-corrected chi connectivity index (χ2v) is 6.90. The van der Waals surface area contributed by atoms with Gasteiger partial charge in [0.2, 0.25) is 0 Å². The summed E-state index contributed by atoms with van der Waals surface area (Å²) in [7, 11) is 0. The van der Waals surface area contributed by atoms with E-state index >= 15 is 0 Å². The Kier molecular flexibility index (Phi) is 3.89. The highest BCUT2D eigenvalue weighted by molar-refractivity contribution is 7.13. The molecule has 118 valence electrons. The monoisotopic (exact) mass is 324 g/mol. The summed E-state index contributed by atoms with van der Waals surface area (Å²) in [6.45, 7) is 2.62. The Labute approximate surface area is 140 Å². The van der Waals surface area contributed by atoms with Crippen molar-refractivity contribution in [3.63, 3.8) is 0 Å². The molecule has 1 atom stereocenters. The Balaban J connectivity index is 1.55. The summed E-state index contributed by atoms with van der Waals surface area (Å²) in [6, 6.07) is 12.8. The van der Waals surface area contributed by atoms with Crippen LogP contribution in [0.5, 0.6) is 0 Å². The van der Waals surface area contributed by atoms with E-state index < -0.39 is 0 Å². The van der Waals surface area contributed by atoms with Gasteiger partial charge in [0.05, 0.1) is 23.3 Å². The Morgan fingerprint density at radius 1 is 1.26 bits per heavy atom. The maximum absolute atomic E-state index is 5.79. The molecule has 3 heterocycles. The number of fused-ring (bicyclic) bond motifs is 1. The van der Waals surface area contributed by atoms with E-state index in [0.29, 0.717) is 5.92 Å². The third-order valence-corrected chi connectivity index (χ3v) is 5.29. The smallest absolute Gasteiger partial charge is 0.147 e. The molecule has 1 aliphatic rings. The van der Waals surface area contributed by atoms with Gasteiger partial charge in [-0.15, -0.1) is 11.3 Å². The Bertz CT molecular complexity index is 778. The summed E-state index contributed by atoms with van der Waals surface area (Å²) in [4.78, 5) is 11.6. The lowest BCUT2D eigenvalue weighted by Crippen LogP contribution is -2.22. The van der Waals surface area contributed by atoms with Crippen LogP contribution in [0.15, 0.2) is 48.0 Å². The van der Waals surface area contributed by atoms with Crippen molar-refractivity contribution in [3.05, 3.63) is 59.2 Å². The molecule has 23 heavy (non-hydrogen) atoms. The van der Waals surface area contributed by atoms with Crippen molar-refractivity contribution in [3.8, 4) is 10.7 Å². The summed E-state index contributed by atoms with van der Waals surface area (Å²) < 4.78 is 0. The molecule has 4 nitrogen and oxygen atoms in total. The quantitative estimate of drug-likeness (QED) is 0.754. The average molecular weight is 324 g/mol. The second kappa shape index (κ2) is 6.18. The van der Waals surface area contributed by atoms with Crippen LogP contribution in [0.2, 0.25) is 0 Å². The molecule has 0 spiro atoms. The van der Waals surface area contributed by atoms with E-state index in [-0.39, 0.29) is 0 Å². The van der Waals surface area contributed by atoms with Crippen LogP contribution in [0.4, 0.5) is 5.69 Å². The number of H-pyrrole nitrogens is 1. The molecule has 5 heteroatoms. The van der Waals surface area contributed by atoms with Gasteiger partial charge in [0.1, 0.15) is 5.82 Å². The SMILES string of the molecule is NCCC1CN(Cc2cnc(-c3cccs3)[nH]2)c2ccccc21. The molecule has 0 saturated carbocycles. The normalized spacial score (nSPS) is 16.7. The van der Waals surface area contributed by atoms with Gasteiger partial charge in [0.25, 0.3) is 0 Å². The fourth-order valence-corrected chi connectivity index (χ4v) is 4.04. The standard InChI is InChI=1S/C18H20N4S/c19-8-7-13-11-22(16-5-2-1-4-15(13)16)12-14-10-20-18(21-14)17-6-3-9-23-17/h1-6,9-10,13H,7-8,11-12,19H2,(H,20,21). The number of nitrogens with zero attached hydrogens (tertiary/aromatic N) is 2. The Morgan fingerprint density at radius 3 is 3.00 bits per heavy atom. The second-order valence-electron chi connectivity index (χ2n) is 5.95. The molecule has 0 aliphatic carbocycles. The van der Waals surface area contributed by atoms with Crippen LogP contribution < -0.4 is 10.6 Å². The van der Waals surface area contributed by atoms with E-state index in [4.69, 9.17) is 5.73 Å². The molecule has 4 rings (SSSR count). The number of rotatable bonds is 5. The number of aromatic amines is 1. The fraction of sp³-hybridized carbons (Fsp3) is 0.278. The van der Waals surface area contributed by atoms with Crippen LogP contribution in [0, 0.1) is 0 Å². The largest absolute Gasteiger partial charge is 0.365 e. The summed E-state index contributed by atoms with van der Waals surface area (Å²) in [5.41, 5.74) is 9.70. The van der Waals surface area contributed by atoms with Gasteiger partial charge in [-0.25, -0.2) is 4.98 Å². The van der Waals surface area contributed by atoms with Crippen molar-refractivity contribution in [2.24, 2.45) is 5.73 Å². The molecule has 0 radical (unpaired) electrons. The maximum atomic E-state index is 5.79. The first kappa shape index (κ1) is 14.5. The number of aromatic nitrogens is 2. The number of imidazole rings is 1. The average Bonchev–Trinajstić information content (AvgIpc) is 3.29. The lowest BCUT2D eigenvalue weighted by atomic mass is 9.98. The topological polar surface area (TPSA) is 57.9 Å². The van der Waals surface area contributed by atoms with E-state index in [1.807, 2.05) is 6.20 Å². The summed E-state index contributed by atoms with van der Waals surface area (Å²) in [5, 5.41) is 2.08. The molecule has 3 aromatic rings. The first-order chi connectivity index (χ1) is 11.3. The van der Waals surface area contributed by atoms with Crippen molar-refractivity contribution in [2.75, 3.05) is 18.0 Å². The zero-order valence-electron chi connectivity index (χ0n) is 12.9. The molecule has 0 fully saturated rings. The van der Waals surface area contributed by atoms with Gasteiger partial charge in [-0.2, -0.15) is 0 Å². The molecule has 0 saturated heterocycles. The van der Waals surface area contributed by atoms with Crippen LogP contribution in [0.1, 0.15) is 23.6 Å². The third kappa shape index (κ3) is 2.78. The number of hydrogen-bond donors (Lipinski definition) is 2. The van der Waals surface area contributed by atoms with E-state index in [1.165, 1.54) is 16.1 Å². The predicted octanol–water partition coefficient (Wildman–Crippen LogP) is 3.59. The highest BCUT2D eigenvalue weighted by Crippen LogP contribution is 2.38. The van der Waals surface area contributed by atoms with E-state index in [9.17, 15) is 0 Å². The molecule has 1 aliphatic heterocycles. The first-order valence-corrected chi connectivity index (χ1v) is 8.85. The molecule has 3 N–H and O–H groups in total. The van der Waals surface area contributed by atoms with Gasteiger partial charge in [0, 0.05) is 18.2 Å². The van der Waals surface area contributed by atoms with Crippen LogP contribution >= 0.6 is 11.3 Å². The van der Waals surface area contributed by atoms with Gasteiger partial charge in [-0.05, 0) is 36.0 Å². The van der Waals surface area contributed by atoms with Gasteiger partial charge in [-0.1, -0.05) is 24.3 Å². The minimum atomic E-state index is 0.538. The molecular formula is C18H20N4S. The van der Waals surface area contributed by atoms with Gasteiger partial charge < -0.3 is 15.6 Å². The molecule has 1 unspecified atom stereocenters. The number of nitrogens with one attached hydrogen (secondary N) is 1. The number of nitrogens with two attached hydrogens (primary N) is 1. The fourth-order valence-electron chi connectivity index (χ4n) is 3.36. The molecule has 1 aromatic carbocycles. The maximum Gasteiger partial charge on any atom is 0.147 e. The van der Waals surface area contributed by atoms with Crippen molar-refractivity contribution in [1.82, 2.24) is 9.97 Å². The van der Waals surface area contributed by atoms with Crippen molar-refractivity contribution >= 4 is 17.0 Å². The summed E-state index contributed by atoms with van der Waals surface area (Å²) in [6.07, 6.45) is 2.99. The molecule has 0 bridgehead atoms. The lowest BCUT2D eigenvalue weighted by Gasteiger charge is -2.19. The van der Waals surface area contributed by atoms with Crippen molar-refractivity contribution in [2.45, 2.75) is 18.9 Å². The van der Waals surface area contributed by atoms with E-state index in [2.05, 4.69) is 56.6 Å². The van der Waals surface area contributed by atoms with Crippen LogP contribution in [0.25, 0.3) is 10.7 Å². The van der Waals surface area contributed by atoms with Crippen LogP contribution in [0.3, 0.4) is 0 Å². The third-order valence-electron chi connectivity index (χ3n) is 4.42. The Morgan fingerprint density at radius 2 is 2.17 bits per heavy atom. The Hall–Kier alpha value is -2.11. The minimum Gasteiger partial charge on any atom is -0.365 e. The number of benzene rings is 1. The zero-order chi connectivity index (χ0) is 15.6. The number of thiophene rings is 1. The van der Waals surface area contributed by atoms with Crippen LogP contribution in [-0.4, -0.2) is 23.1 Å². The number of anilines is 1. The van der Waals surface area contributed by atoms with Gasteiger partial charge >= 0.3 is 0 Å². The van der Waals surface area contributed by atoms with Crippen molar-refractivity contribution < 1.29 is 0 Å². The number of hydrogen-bond acceptors (Lipinski definition) is 4. The summed E-state index contributed by atoms with van der Waals surface area (Å²) >= 11 is 1.71. The number of para-hydroxylation sites is 1. The minimum absolute atomic E-state index is 0.538. The molecular weight excluding hydrogens is 304 g/mol. The predicted molar refractivity (Wildman–Crippen MR) is 95.8 cm³/mol. The summed E-state index contributed by atoms with van der Waals surface area (Å²) in [5.74, 6) is 1.50. The van der Waals surface area contributed by atoms with Crippen molar-refractivity contribution in [1.29, 1.82) is 0 Å². The van der Waals surface area contributed by atoms with Gasteiger partial charge in [-0.3, -0.25) is 0 Å². The molecule has 2 aromatic heterocycles. The lowest BCUT2D eigenvalue weighted by molar-refractivity contribution is 0.642. The van der Waals surface area contributed by atoms with E-state index in [1.54, 1.807) is 11.3 Å². The zero-order valence-corrected chi connectivity index (χ0v) is 13.7.